The molecule has 1 saturated heterocycles. The average Bonchev–Trinajstić information content (AvgIpc) is 2.70. The van der Waals surface area contributed by atoms with Gasteiger partial charge in [0.1, 0.15) is 11.5 Å². The van der Waals surface area contributed by atoms with Gasteiger partial charge < -0.3 is 9.88 Å². The second-order valence-electron chi connectivity index (χ2n) is 7.83. The molecule has 6 heteroatoms. The molecule has 0 spiro atoms. The number of carbonyl (C=O) groups excluding carboxylic acids is 1. The molecule has 0 radical (unpaired) electrons. The standard InChI is InChI=1S/C24H26N4O2/c1-3-17-12-18(14-20(13-17)23-25-8-7-21(29)27-23)5-6-19-11-16(2)22(26-15-19)24(30)28-9-4-10-28/h7-8,11-15H,3-6,9-10H2,1-2H3,(H,25,27,29). The quantitative estimate of drug-likeness (QED) is 0.686. The topological polar surface area (TPSA) is 79.0 Å². The molecule has 0 bridgehead atoms. The Morgan fingerprint density at radius 1 is 1.07 bits per heavy atom. The number of nitrogens with one attached hydrogen (secondary N) is 1. The van der Waals surface area contributed by atoms with Crippen molar-refractivity contribution in [3.8, 4) is 11.4 Å². The highest BCUT2D eigenvalue weighted by atomic mass is 16.2. The van der Waals surface area contributed by atoms with Gasteiger partial charge in [0.25, 0.3) is 11.5 Å². The summed E-state index contributed by atoms with van der Waals surface area (Å²) in [6.07, 6.45) is 7.01. The van der Waals surface area contributed by atoms with Crippen LogP contribution in [-0.2, 0) is 19.3 Å². The number of hydrogen-bond acceptors (Lipinski definition) is 4. The number of aromatic nitrogens is 3. The highest BCUT2D eigenvalue weighted by molar-refractivity contribution is 5.94. The van der Waals surface area contributed by atoms with Gasteiger partial charge in [-0.1, -0.05) is 19.1 Å². The molecule has 1 aliphatic heterocycles. The molecule has 0 saturated carbocycles. The van der Waals surface area contributed by atoms with Gasteiger partial charge in [0.15, 0.2) is 0 Å². The molecule has 0 aliphatic carbocycles. The Kier molecular flexibility index (Phi) is 5.74. The number of likely N-dealkylation sites (tertiary alicyclic amines) is 1. The van der Waals surface area contributed by atoms with Crippen molar-refractivity contribution in [2.75, 3.05) is 13.1 Å². The number of rotatable bonds is 6. The first-order valence-electron chi connectivity index (χ1n) is 10.5. The lowest BCUT2D eigenvalue weighted by molar-refractivity contribution is 0.0645. The molecule has 0 atom stereocenters. The maximum absolute atomic E-state index is 12.4. The van der Waals surface area contributed by atoms with Gasteiger partial charge in [-0.2, -0.15) is 0 Å². The third-order valence-corrected chi connectivity index (χ3v) is 5.59. The zero-order valence-electron chi connectivity index (χ0n) is 17.4. The van der Waals surface area contributed by atoms with Gasteiger partial charge in [0.05, 0.1) is 0 Å². The lowest BCUT2D eigenvalue weighted by Gasteiger charge is -2.30. The van der Waals surface area contributed by atoms with Crippen molar-refractivity contribution in [1.82, 2.24) is 19.9 Å². The molecule has 1 N–H and O–H groups in total. The fourth-order valence-corrected chi connectivity index (χ4v) is 3.72. The number of hydrogen-bond donors (Lipinski definition) is 1. The fraction of sp³-hybridized carbons (Fsp3) is 0.333. The van der Waals surface area contributed by atoms with Gasteiger partial charge in [-0.3, -0.25) is 14.6 Å². The van der Waals surface area contributed by atoms with Crippen LogP contribution in [0.1, 0.15) is 46.1 Å². The van der Waals surface area contributed by atoms with Gasteiger partial charge in [-0.15, -0.1) is 0 Å². The number of carbonyl (C=O) groups is 1. The maximum atomic E-state index is 12.4. The molecule has 1 fully saturated rings. The van der Waals surface area contributed by atoms with Crippen LogP contribution in [0, 0.1) is 6.92 Å². The van der Waals surface area contributed by atoms with E-state index < -0.39 is 0 Å². The van der Waals surface area contributed by atoms with E-state index in [4.69, 9.17) is 0 Å². The molecule has 2 aromatic heterocycles. The summed E-state index contributed by atoms with van der Waals surface area (Å²) in [5.41, 5.74) is 5.77. The second-order valence-corrected chi connectivity index (χ2v) is 7.83. The molecule has 1 aliphatic rings. The molecule has 3 aromatic rings. The van der Waals surface area contributed by atoms with E-state index >= 15 is 0 Å². The van der Waals surface area contributed by atoms with Gasteiger partial charge in [-0.25, -0.2) is 4.98 Å². The summed E-state index contributed by atoms with van der Waals surface area (Å²) in [4.78, 5) is 37.5. The van der Waals surface area contributed by atoms with Crippen molar-refractivity contribution in [1.29, 1.82) is 0 Å². The van der Waals surface area contributed by atoms with Crippen LogP contribution in [0.15, 0.2) is 47.5 Å². The van der Waals surface area contributed by atoms with E-state index in [1.807, 2.05) is 18.0 Å². The van der Waals surface area contributed by atoms with Crippen LogP contribution in [0.3, 0.4) is 0 Å². The molecular formula is C24H26N4O2. The lowest BCUT2D eigenvalue weighted by Crippen LogP contribution is -2.42. The molecule has 30 heavy (non-hydrogen) atoms. The van der Waals surface area contributed by atoms with Crippen LogP contribution in [-0.4, -0.2) is 38.8 Å². The molecule has 6 nitrogen and oxygen atoms in total. The van der Waals surface area contributed by atoms with Gasteiger partial charge in [0.2, 0.25) is 0 Å². The Hall–Kier alpha value is -3.28. The van der Waals surface area contributed by atoms with Crippen LogP contribution >= 0.6 is 0 Å². The van der Waals surface area contributed by atoms with E-state index in [0.717, 1.165) is 55.5 Å². The number of amides is 1. The smallest absolute Gasteiger partial charge is 0.272 e. The molecule has 154 valence electrons. The van der Waals surface area contributed by atoms with Gasteiger partial charge in [0, 0.05) is 37.1 Å². The van der Waals surface area contributed by atoms with Crippen LogP contribution in [0.5, 0.6) is 0 Å². The molecule has 0 unspecified atom stereocenters. The summed E-state index contributed by atoms with van der Waals surface area (Å²) in [6.45, 7) is 5.74. The minimum absolute atomic E-state index is 0.0370. The van der Waals surface area contributed by atoms with Crippen molar-refractivity contribution < 1.29 is 4.79 Å². The van der Waals surface area contributed by atoms with Crippen LogP contribution < -0.4 is 5.56 Å². The molecule has 3 heterocycles. The summed E-state index contributed by atoms with van der Waals surface area (Å²) in [6, 6.07) is 9.84. The predicted molar refractivity (Wildman–Crippen MR) is 117 cm³/mol. The van der Waals surface area contributed by atoms with E-state index in [2.05, 4.69) is 46.1 Å². The van der Waals surface area contributed by atoms with E-state index in [9.17, 15) is 9.59 Å². The third-order valence-electron chi connectivity index (χ3n) is 5.59. The zero-order chi connectivity index (χ0) is 21.1. The maximum Gasteiger partial charge on any atom is 0.272 e. The van der Waals surface area contributed by atoms with Crippen molar-refractivity contribution in [2.24, 2.45) is 0 Å². The van der Waals surface area contributed by atoms with E-state index in [1.54, 1.807) is 0 Å². The summed E-state index contributed by atoms with van der Waals surface area (Å²) in [5.74, 6) is 0.625. The van der Waals surface area contributed by atoms with Crippen LogP contribution in [0.25, 0.3) is 11.4 Å². The largest absolute Gasteiger partial charge is 0.337 e. The summed E-state index contributed by atoms with van der Waals surface area (Å²) < 4.78 is 0. The Morgan fingerprint density at radius 3 is 2.50 bits per heavy atom. The van der Waals surface area contributed by atoms with E-state index in [1.165, 1.54) is 23.4 Å². The van der Waals surface area contributed by atoms with Crippen molar-refractivity contribution in [2.45, 2.75) is 39.5 Å². The first-order valence-corrected chi connectivity index (χ1v) is 10.5. The van der Waals surface area contributed by atoms with Crippen LogP contribution in [0.4, 0.5) is 0 Å². The minimum atomic E-state index is -0.155. The first kappa shape index (κ1) is 20.0. The Morgan fingerprint density at radius 2 is 1.83 bits per heavy atom. The van der Waals surface area contributed by atoms with Crippen molar-refractivity contribution in [3.63, 3.8) is 0 Å². The molecule has 1 amide bonds. The first-order chi connectivity index (χ1) is 14.5. The normalized spacial score (nSPS) is 13.2. The number of aryl methyl sites for hydroxylation is 4. The lowest BCUT2D eigenvalue weighted by atomic mass is 9.98. The molecule has 4 rings (SSSR count). The molecular weight excluding hydrogens is 376 g/mol. The second kappa shape index (κ2) is 8.61. The van der Waals surface area contributed by atoms with E-state index in [0.29, 0.717) is 11.5 Å². The summed E-state index contributed by atoms with van der Waals surface area (Å²) in [5, 5.41) is 0. The highest BCUT2D eigenvalue weighted by Crippen LogP contribution is 2.21. The third kappa shape index (κ3) is 4.32. The number of H-pyrrole nitrogens is 1. The number of nitrogens with zero attached hydrogens (tertiary/aromatic N) is 3. The highest BCUT2D eigenvalue weighted by Gasteiger charge is 2.23. The number of aromatic amines is 1. The van der Waals surface area contributed by atoms with E-state index in [-0.39, 0.29) is 11.5 Å². The summed E-state index contributed by atoms with van der Waals surface area (Å²) in [7, 11) is 0. The van der Waals surface area contributed by atoms with Crippen molar-refractivity contribution >= 4 is 5.91 Å². The predicted octanol–water partition coefficient (Wildman–Crippen LogP) is 3.33. The minimum Gasteiger partial charge on any atom is -0.337 e. The Balaban J connectivity index is 1.52. The van der Waals surface area contributed by atoms with Crippen molar-refractivity contribution in [3.05, 3.63) is 81.0 Å². The Bertz CT molecular complexity index is 1130. The molecule has 1 aromatic carbocycles. The monoisotopic (exact) mass is 402 g/mol. The SMILES string of the molecule is CCc1cc(CCc2cnc(C(=O)N3CCC3)c(C)c2)cc(-c2nccc(=O)[nH]2)c1. The fourth-order valence-electron chi connectivity index (χ4n) is 3.72. The Labute approximate surface area is 176 Å². The number of benzene rings is 1. The van der Waals surface area contributed by atoms with Crippen LogP contribution in [0.2, 0.25) is 0 Å². The zero-order valence-corrected chi connectivity index (χ0v) is 17.4. The van der Waals surface area contributed by atoms with Gasteiger partial charge >= 0.3 is 0 Å². The number of pyridine rings is 1. The van der Waals surface area contributed by atoms with Gasteiger partial charge in [-0.05, 0) is 67.0 Å². The average molecular weight is 402 g/mol. The summed E-state index contributed by atoms with van der Waals surface area (Å²) >= 11 is 0.